The van der Waals surface area contributed by atoms with Crippen LogP contribution in [0.5, 0.6) is 34.5 Å². The molecule has 2 aromatic rings. The molecule has 0 aliphatic carbocycles. The van der Waals surface area contributed by atoms with Gasteiger partial charge < -0.3 is 28.8 Å². The van der Waals surface area contributed by atoms with Gasteiger partial charge in [-0.05, 0) is 43.7 Å². The van der Waals surface area contributed by atoms with Crippen LogP contribution in [0.1, 0.15) is 31.1 Å². The second kappa shape index (κ2) is 7.70. The predicted octanol–water partition coefficient (Wildman–Crippen LogP) is 4.35. The Kier molecular flexibility index (Phi) is 5.35. The van der Waals surface area contributed by atoms with Gasteiger partial charge in [0, 0.05) is 5.56 Å². The first kappa shape index (κ1) is 18.8. The Morgan fingerprint density at radius 1 is 0.926 bits per heavy atom. The van der Waals surface area contributed by atoms with Crippen molar-refractivity contribution in [2.75, 3.05) is 21.3 Å². The molecule has 6 nitrogen and oxygen atoms in total. The first-order valence-electron chi connectivity index (χ1n) is 8.65. The van der Waals surface area contributed by atoms with Gasteiger partial charge in [-0.15, -0.1) is 0 Å². The Balaban J connectivity index is 2.05. The van der Waals surface area contributed by atoms with E-state index in [1.54, 1.807) is 19.2 Å². The second-order valence-corrected chi connectivity index (χ2v) is 6.19. The van der Waals surface area contributed by atoms with E-state index in [9.17, 15) is 5.11 Å². The van der Waals surface area contributed by atoms with Crippen LogP contribution in [0.4, 0.5) is 0 Å². The summed E-state index contributed by atoms with van der Waals surface area (Å²) in [7, 11) is 4.58. The molecule has 1 N–H and O–H groups in total. The van der Waals surface area contributed by atoms with Crippen LogP contribution in [0.15, 0.2) is 30.3 Å². The van der Waals surface area contributed by atoms with Gasteiger partial charge in [-0.3, -0.25) is 0 Å². The number of hydrogen-bond acceptors (Lipinski definition) is 6. The van der Waals surface area contributed by atoms with Gasteiger partial charge in [0.05, 0.1) is 21.3 Å². The lowest BCUT2D eigenvalue weighted by atomic mass is 10.0. The standard InChI is InChI=1S/C21H24O6/c1-6-7-13-8-17(25-5)21-18(9-13)27-20(12(2)26-21)14-10-15(23-3)19(22)16(11-14)24-4/h6-12,20,22H,1-5H3/b7-6+/t12-,20+/m1/s1. The van der Waals surface area contributed by atoms with Crippen molar-refractivity contribution < 1.29 is 28.8 Å². The molecular formula is C21H24O6. The van der Waals surface area contributed by atoms with Gasteiger partial charge in [0.2, 0.25) is 11.5 Å². The molecule has 0 aromatic heterocycles. The molecule has 2 atom stereocenters. The zero-order chi connectivity index (χ0) is 19.6. The molecule has 0 unspecified atom stereocenters. The molecule has 0 saturated heterocycles. The summed E-state index contributed by atoms with van der Waals surface area (Å²) >= 11 is 0. The Labute approximate surface area is 158 Å². The minimum absolute atomic E-state index is 0.0504. The van der Waals surface area contributed by atoms with Crippen LogP contribution >= 0.6 is 0 Å². The first-order valence-corrected chi connectivity index (χ1v) is 8.65. The van der Waals surface area contributed by atoms with Crippen molar-refractivity contribution >= 4 is 6.08 Å². The summed E-state index contributed by atoms with van der Waals surface area (Å²) in [5.41, 5.74) is 1.72. The highest BCUT2D eigenvalue weighted by atomic mass is 16.6. The molecule has 3 rings (SSSR count). The van der Waals surface area contributed by atoms with Crippen molar-refractivity contribution in [3.63, 3.8) is 0 Å². The number of hydrogen-bond donors (Lipinski definition) is 1. The van der Waals surface area contributed by atoms with E-state index < -0.39 is 6.10 Å². The van der Waals surface area contributed by atoms with E-state index in [0.29, 0.717) is 28.7 Å². The van der Waals surface area contributed by atoms with Crippen molar-refractivity contribution in [3.05, 3.63) is 41.5 Å². The minimum Gasteiger partial charge on any atom is -0.502 e. The fourth-order valence-electron chi connectivity index (χ4n) is 3.14. The van der Waals surface area contributed by atoms with Crippen LogP contribution in [-0.2, 0) is 0 Å². The molecule has 1 aliphatic heterocycles. The average molecular weight is 372 g/mol. The lowest BCUT2D eigenvalue weighted by Gasteiger charge is -2.33. The maximum atomic E-state index is 10.2. The predicted molar refractivity (Wildman–Crippen MR) is 102 cm³/mol. The summed E-state index contributed by atoms with van der Waals surface area (Å²) in [6.07, 6.45) is 3.20. The largest absolute Gasteiger partial charge is 0.502 e. The van der Waals surface area contributed by atoms with Gasteiger partial charge in [0.15, 0.2) is 29.1 Å². The molecule has 1 heterocycles. The number of aromatic hydroxyl groups is 1. The molecular weight excluding hydrogens is 348 g/mol. The van der Waals surface area contributed by atoms with Gasteiger partial charge in [0.25, 0.3) is 0 Å². The van der Waals surface area contributed by atoms with Crippen LogP contribution < -0.4 is 23.7 Å². The Morgan fingerprint density at radius 2 is 1.56 bits per heavy atom. The third-order valence-corrected chi connectivity index (χ3v) is 4.44. The molecule has 0 fully saturated rings. The number of phenols is 1. The molecule has 0 radical (unpaired) electrons. The van der Waals surface area contributed by atoms with E-state index in [4.69, 9.17) is 23.7 Å². The molecule has 6 heteroatoms. The average Bonchev–Trinajstić information content (AvgIpc) is 2.67. The fraction of sp³-hybridized carbons (Fsp3) is 0.333. The van der Waals surface area contributed by atoms with E-state index >= 15 is 0 Å². The van der Waals surface area contributed by atoms with E-state index in [-0.39, 0.29) is 11.9 Å². The lowest BCUT2D eigenvalue weighted by molar-refractivity contribution is 0.0279. The monoisotopic (exact) mass is 372 g/mol. The van der Waals surface area contributed by atoms with Gasteiger partial charge in [0.1, 0.15) is 6.10 Å². The van der Waals surface area contributed by atoms with E-state index in [0.717, 1.165) is 11.1 Å². The van der Waals surface area contributed by atoms with Crippen LogP contribution in [0, 0.1) is 0 Å². The van der Waals surface area contributed by atoms with Crippen molar-refractivity contribution in [1.82, 2.24) is 0 Å². The smallest absolute Gasteiger partial charge is 0.204 e. The third-order valence-electron chi connectivity index (χ3n) is 4.44. The van der Waals surface area contributed by atoms with Crippen LogP contribution in [0.2, 0.25) is 0 Å². The Hall–Kier alpha value is -3.02. The molecule has 144 valence electrons. The highest BCUT2D eigenvalue weighted by Gasteiger charge is 2.33. The second-order valence-electron chi connectivity index (χ2n) is 6.19. The van der Waals surface area contributed by atoms with Gasteiger partial charge in [-0.2, -0.15) is 0 Å². The summed E-state index contributed by atoms with van der Waals surface area (Å²) in [6.45, 7) is 3.86. The number of allylic oxidation sites excluding steroid dienone is 1. The van der Waals surface area contributed by atoms with E-state index in [2.05, 4.69) is 0 Å². The summed E-state index contributed by atoms with van der Waals surface area (Å²) in [5.74, 6) is 2.36. The highest BCUT2D eigenvalue weighted by Crippen LogP contribution is 2.48. The Morgan fingerprint density at radius 3 is 2.11 bits per heavy atom. The quantitative estimate of drug-likeness (QED) is 0.842. The van der Waals surface area contributed by atoms with Gasteiger partial charge in [-0.1, -0.05) is 12.2 Å². The van der Waals surface area contributed by atoms with Crippen molar-refractivity contribution in [3.8, 4) is 34.5 Å². The number of ether oxygens (including phenoxy) is 5. The van der Waals surface area contributed by atoms with Gasteiger partial charge in [-0.25, -0.2) is 0 Å². The van der Waals surface area contributed by atoms with E-state index in [1.165, 1.54) is 14.2 Å². The van der Waals surface area contributed by atoms with Crippen molar-refractivity contribution in [1.29, 1.82) is 0 Å². The zero-order valence-corrected chi connectivity index (χ0v) is 16.1. The molecule has 0 saturated carbocycles. The topological polar surface area (TPSA) is 66.4 Å². The first-order chi connectivity index (χ1) is 13.0. The summed E-state index contributed by atoms with van der Waals surface area (Å²) in [4.78, 5) is 0. The molecule has 0 bridgehead atoms. The molecule has 2 aromatic carbocycles. The minimum atomic E-state index is -0.411. The fourth-order valence-corrected chi connectivity index (χ4v) is 3.14. The number of rotatable bonds is 5. The zero-order valence-electron chi connectivity index (χ0n) is 16.1. The van der Waals surface area contributed by atoms with Crippen molar-refractivity contribution in [2.45, 2.75) is 26.1 Å². The highest BCUT2D eigenvalue weighted by molar-refractivity contribution is 5.63. The van der Waals surface area contributed by atoms with Crippen LogP contribution in [0.3, 0.4) is 0 Å². The third kappa shape index (κ3) is 3.47. The van der Waals surface area contributed by atoms with Crippen LogP contribution in [-0.4, -0.2) is 32.5 Å². The van der Waals surface area contributed by atoms with Crippen molar-refractivity contribution in [2.24, 2.45) is 0 Å². The summed E-state index contributed by atoms with van der Waals surface area (Å²) in [5, 5.41) is 10.2. The molecule has 0 spiro atoms. The molecule has 1 aliphatic rings. The number of benzene rings is 2. The van der Waals surface area contributed by atoms with Gasteiger partial charge >= 0.3 is 0 Å². The van der Waals surface area contributed by atoms with Crippen LogP contribution in [0.25, 0.3) is 6.08 Å². The maximum Gasteiger partial charge on any atom is 0.204 e. The molecule has 0 amide bonds. The number of fused-ring (bicyclic) bond motifs is 1. The van der Waals surface area contributed by atoms with E-state index in [1.807, 2.05) is 38.1 Å². The summed E-state index contributed by atoms with van der Waals surface area (Å²) in [6, 6.07) is 7.26. The Bertz CT molecular complexity index is 833. The SMILES string of the molecule is C/C=C/c1cc(OC)c2c(c1)O[C@H](c1cc(OC)c(O)c(OC)c1)[C@@H](C)O2. The summed E-state index contributed by atoms with van der Waals surface area (Å²) < 4.78 is 28.4. The lowest BCUT2D eigenvalue weighted by Crippen LogP contribution is -2.31. The normalized spacial score (nSPS) is 18.4. The maximum absolute atomic E-state index is 10.2. The molecule has 27 heavy (non-hydrogen) atoms. The number of phenolic OH excluding ortho intramolecular Hbond substituents is 1. The number of methoxy groups -OCH3 is 3.